The summed E-state index contributed by atoms with van der Waals surface area (Å²) in [6.45, 7) is 4.31. The number of piperidine rings is 1. The fourth-order valence-electron chi connectivity index (χ4n) is 3.49. The molecule has 0 unspecified atom stereocenters. The normalized spacial score (nSPS) is 18.0. The highest BCUT2D eigenvalue weighted by molar-refractivity contribution is 5.98. The largest absolute Gasteiger partial charge is 0.480 e. The van der Waals surface area contributed by atoms with Crippen LogP contribution in [0.4, 0.5) is 0 Å². The van der Waals surface area contributed by atoms with Gasteiger partial charge in [-0.25, -0.2) is 4.79 Å². The first-order chi connectivity index (χ1) is 11.4. The Morgan fingerprint density at radius 3 is 2.67 bits per heavy atom. The van der Waals surface area contributed by atoms with Crippen molar-refractivity contribution in [3.05, 3.63) is 35.4 Å². The third kappa shape index (κ3) is 2.70. The molecule has 0 radical (unpaired) electrons. The molecule has 2 aromatic heterocycles. The van der Waals surface area contributed by atoms with Gasteiger partial charge >= 0.3 is 5.97 Å². The molecule has 0 spiro atoms. The highest BCUT2D eigenvalue weighted by Crippen LogP contribution is 2.25. The van der Waals surface area contributed by atoms with Crippen molar-refractivity contribution in [3.63, 3.8) is 0 Å². The summed E-state index contributed by atoms with van der Waals surface area (Å²) in [7, 11) is 1.84. The zero-order valence-electron chi connectivity index (χ0n) is 14.2. The molecule has 3 rings (SSSR count). The van der Waals surface area contributed by atoms with Crippen molar-refractivity contribution in [2.24, 2.45) is 7.05 Å². The van der Waals surface area contributed by atoms with Gasteiger partial charge in [0.25, 0.3) is 5.91 Å². The Bertz CT molecular complexity index is 790. The number of aromatic nitrogens is 3. The van der Waals surface area contributed by atoms with Crippen LogP contribution < -0.4 is 0 Å². The summed E-state index contributed by atoms with van der Waals surface area (Å²) < 4.78 is 3.68. The molecule has 7 heteroatoms. The number of carbonyl (C=O) groups is 2. The molecule has 1 amide bonds. The zero-order valence-corrected chi connectivity index (χ0v) is 14.2. The molecule has 128 valence electrons. The van der Waals surface area contributed by atoms with E-state index in [2.05, 4.69) is 5.10 Å². The van der Waals surface area contributed by atoms with Gasteiger partial charge in [-0.05, 0) is 39.2 Å². The molecule has 7 nitrogen and oxygen atoms in total. The van der Waals surface area contributed by atoms with Crippen LogP contribution in [-0.4, -0.2) is 48.8 Å². The summed E-state index contributed by atoms with van der Waals surface area (Å²) in [4.78, 5) is 25.9. The van der Waals surface area contributed by atoms with Gasteiger partial charge in [-0.3, -0.25) is 9.48 Å². The lowest BCUT2D eigenvalue weighted by Crippen LogP contribution is -2.48. The van der Waals surface area contributed by atoms with Gasteiger partial charge < -0.3 is 14.6 Å². The van der Waals surface area contributed by atoms with E-state index in [1.165, 1.54) is 4.90 Å². The van der Waals surface area contributed by atoms with Crippen LogP contribution in [0.5, 0.6) is 0 Å². The summed E-state index contributed by atoms with van der Waals surface area (Å²) >= 11 is 0. The SMILES string of the molecule is Cc1cc(C(=O)N2CCCC[C@@H]2C(=O)O)c(C)n1-c1cnn(C)c1. The topological polar surface area (TPSA) is 80.4 Å². The number of hydrogen-bond acceptors (Lipinski definition) is 3. The highest BCUT2D eigenvalue weighted by Gasteiger charge is 2.33. The van der Waals surface area contributed by atoms with Gasteiger partial charge in [0.05, 0.1) is 17.4 Å². The molecule has 2 aromatic rings. The number of rotatable bonds is 3. The van der Waals surface area contributed by atoms with Crippen molar-refractivity contribution >= 4 is 11.9 Å². The summed E-state index contributed by atoms with van der Waals surface area (Å²) in [6.07, 6.45) is 5.83. The molecular formula is C17H22N4O3. The van der Waals surface area contributed by atoms with Gasteiger partial charge in [0, 0.05) is 31.2 Å². The van der Waals surface area contributed by atoms with E-state index < -0.39 is 12.0 Å². The van der Waals surface area contributed by atoms with Crippen LogP contribution >= 0.6 is 0 Å². The second-order valence-corrected chi connectivity index (χ2v) is 6.34. The molecule has 1 atom stereocenters. The minimum absolute atomic E-state index is 0.203. The highest BCUT2D eigenvalue weighted by atomic mass is 16.4. The van der Waals surface area contributed by atoms with Gasteiger partial charge in [-0.1, -0.05) is 0 Å². The summed E-state index contributed by atoms with van der Waals surface area (Å²) in [6, 6.07) is 1.10. The van der Waals surface area contributed by atoms with Gasteiger partial charge in [0.15, 0.2) is 0 Å². The minimum Gasteiger partial charge on any atom is -0.480 e. The van der Waals surface area contributed by atoms with E-state index in [0.29, 0.717) is 18.5 Å². The van der Waals surface area contributed by atoms with E-state index in [1.54, 1.807) is 10.9 Å². The van der Waals surface area contributed by atoms with E-state index >= 15 is 0 Å². The summed E-state index contributed by atoms with van der Waals surface area (Å²) in [5.41, 5.74) is 3.18. The molecule has 0 bridgehead atoms. The second-order valence-electron chi connectivity index (χ2n) is 6.34. The molecule has 1 saturated heterocycles. The monoisotopic (exact) mass is 330 g/mol. The fraction of sp³-hybridized carbons (Fsp3) is 0.471. The van der Waals surface area contributed by atoms with Crippen molar-refractivity contribution in [2.45, 2.75) is 39.2 Å². The first-order valence-electron chi connectivity index (χ1n) is 8.12. The number of likely N-dealkylation sites (tertiary alicyclic amines) is 1. The number of aryl methyl sites for hydroxylation is 2. The number of carboxylic acid groups (broad SMARTS) is 1. The summed E-state index contributed by atoms with van der Waals surface area (Å²) in [5, 5.41) is 13.6. The van der Waals surface area contributed by atoms with E-state index in [0.717, 1.165) is 29.9 Å². The Kier molecular flexibility index (Phi) is 4.17. The lowest BCUT2D eigenvalue weighted by Gasteiger charge is -2.33. The second kappa shape index (κ2) is 6.14. The third-order valence-electron chi connectivity index (χ3n) is 4.66. The molecule has 3 heterocycles. The van der Waals surface area contributed by atoms with Crippen molar-refractivity contribution in [3.8, 4) is 5.69 Å². The molecule has 1 aliphatic heterocycles. The smallest absolute Gasteiger partial charge is 0.326 e. The Morgan fingerprint density at radius 2 is 2.04 bits per heavy atom. The lowest BCUT2D eigenvalue weighted by molar-refractivity contribution is -0.143. The van der Waals surface area contributed by atoms with E-state index in [1.807, 2.05) is 37.7 Å². The predicted molar refractivity (Wildman–Crippen MR) is 88.3 cm³/mol. The molecular weight excluding hydrogens is 308 g/mol. The lowest BCUT2D eigenvalue weighted by atomic mass is 10.0. The molecule has 24 heavy (non-hydrogen) atoms. The average molecular weight is 330 g/mol. The van der Waals surface area contributed by atoms with E-state index in [9.17, 15) is 14.7 Å². The van der Waals surface area contributed by atoms with Crippen LogP contribution in [0.3, 0.4) is 0 Å². The maximum Gasteiger partial charge on any atom is 0.326 e. The Hall–Kier alpha value is -2.57. The fourth-order valence-corrected chi connectivity index (χ4v) is 3.49. The predicted octanol–water partition coefficient (Wildman–Crippen LogP) is 1.91. The standard InChI is InChI=1S/C17H22N4O3/c1-11-8-14(12(2)21(11)13-9-18-19(3)10-13)16(22)20-7-5-4-6-15(20)17(23)24/h8-10,15H,4-7H2,1-3H3,(H,23,24)/t15-/m1/s1. The first kappa shape index (κ1) is 16.3. The number of carbonyl (C=O) groups excluding carboxylic acids is 1. The quantitative estimate of drug-likeness (QED) is 0.932. The summed E-state index contributed by atoms with van der Waals surface area (Å²) in [5.74, 6) is -1.13. The van der Waals surface area contributed by atoms with Crippen LogP contribution in [0, 0.1) is 13.8 Å². The Balaban J connectivity index is 1.97. The third-order valence-corrected chi connectivity index (χ3v) is 4.66. The molecule has 1 fully saturated rings. The average Bonchev–Trinajstić information content (AvgIpc) is 3.09. The van der Waals surface area contributed by atoms with Crippen molar-refractivity contribution < 1.29 is 14.7 Å². The number of nitrogens with zero attached hydrogens (tertiary/aromatic N) is 4. The zero-order chi connectivity index (χ0) is 17.4. The van der Waals surface area contributed by atoms with Gasteiger partial charge in [0.1, 0.15) is 6.04 Å². The molecule has 0 saturated carbocycles. The van der Waals surface area contributed by atoms with E-state index in [-0.39, 0.29) is 5.91 Å². The van der Waals surface area contributed by atoms with Gasteiger partial charge in [0.2, 0.25) is 0 Å². The number of amides is 1. The van der Waals surface area contributed by atoms with Crippen molar-refractivity contribution in [1.29, 1.82) is 0 Å². The minimum atomic E-state index is -0.927. The van der Waals surface area contributed by atoms with E-state index in [4.69, 9.17) is 0 Å². The van der Waals surface area contributed by atoms with Crippen LogP contribution in [0.1, 0.15) is 41.0 Å². The molecule has 1 N–H and O–H groups in total. The molecule has 0 aliphatic carbocycles. The van der Waals surface area contributed by atoms with Crippen molar-refractivity contribution in [1.82, 2.24) is 19.2 Å². The van der Waals surface area contributed by atoms with Crippen molar-refractivity contribution in [2.75, 3.05) is 6.54 Å². The first-order valence-corrected chi connectivity index (χ1v) is 8.12. The Labute approximate surface area is 140 Å². The maximum absolute atomic E-state index is 13.0. The maximum atomic E-state index is 13.0. The van der Waals surface area contributed by atoms with Gasteiger partial charge in [-0.2, -0.15) is 5.10 Å². The van der Waals surface area contributed by atoms with Gasteiger partial charge in [-0.15, -0.1) is 0 Å². The number of aliphatic carboxylic acids is 1. The number of carboxylic acids is 1. The van der Waals surface area contributed by atoms with Crippen LogP contribution in [0.15, 0.2) is 18.5 Å². The van der Waals surface area contributed by atoms with Crippen LogP contribution in [-0.2, 0) is 11.8 Å². The van der Waals surface area contributed by atoms with Crippen LogP contribution in [0.25, 0.3) is 5.69 Å². The number of hydrogen-bond donors (Lipinski definition) is 1. The van der Waals surface area contributed by atoms with Crippen LogP contribution in [0.2, 0.25) is 0 Å². The molecule has 1 aliphatic rings. The Morgan fingerprint density at radius 1 is 1.29 bits per heavy atom. The molecule has 0 aromatic carbocycles.